The van der Waals surface area contributed by atoms with E-state index in [1.54, 1.807) is 0 Å². The predicted octanol–water partition coefficient (Wildman–Crippen LogP) is 8.23. The van der Waals surface area contributed by atoms with Crippen molar-refractivity contribution >= 4 is 5.78 Å². The Labute approximate surface area is 186 Å². The molecular formula is C29H48O. The molecule has 4 aliphatic rings. The Morgan fingerprint density at radius 1 is 1.03 bits per heavy atom. The van der Waals surface area contributed by atoms with Crippen LogP contribution in [0.3, 0.4) is 0 Å². The fourth-order valence-corrected chi connectivity index (χ4v) is 9.15. The normalized spacial score (nSPS) is 44.3. The van der Waals surface area contributed by atoms with Crippen LogP contribution in [0.1, 0.15) is 112 Å². The van der Waals surface area contributed by atoms with E-state index in [4.69, 9.17) is 0 Å². The van der Waals surface area contributed by atoms with Gasteiger partial charge in [0.15, 0.2) is 5.78 Å². The van der Waals surface area contributed by atoms with Crippen molar-refractivity contribution in [2.45, 2.75) is 112 Å². The number of fused-ring (bicyclic) bond motifs is 5. The van der Waals surface area contributed by atoms with Gasteiger partial charge in [0.2, 0.25) is 0 Å². The fraction of sp³-hybridized carbons (Fsp3) is 0.897. The van der Waals surface area contributed by atoms with Gasteiger partial charge >= 0.3 is 0 Å². The van der Waals surface area contributed by atoms with Gasteiger partial charge in [0.1, 0.15) is 0 Å². The SMILES string of the molecule is CCC1CC2=CC(=O)CC[C@]2(C)C2CC[C@]3(C)C(C(C)CCCC(C)C)CCC3C12. The highest BCUT2D eigenvalue weighted by Crippen LogP contribution is 2.69. The molecule has 0 radical (unpaired) electrons. The Morgan fingerprint density at radius 2 is 1.80 bits per heavy atom. The molecule has 3 fully saturated rings. The van der Waals surface area contributed by atoms with Crippen molar-refractivity contribution in [1.82, 2.24) is 0 Å². The Hall–Kier alpha value is -0.590. The lowest BCUT2D eigenvalue weighted by atomic mass is 9.44. The molecule has 0 aromatic rings. The van der Waals surface area contributed by atoms with E-state index in [9.17, 15) is 4.79 Å². The zero-order valence-corrected chi connectivity index (χ0v) is 20.8. The van der Waals surface area contributed by atoms with E-state index in [2.05, 4.69) is 47.6 Å². The van der Waals surface area contributed by atoms with Crippen molar-refractivity contribution in [1.29, 1.82) is 0 Å². The molecule has 6 unspecified atom stereocenters. The van der Waals surface area contributed by atoms with Crippen LogP contribution in [-0.4, -0.2) is 5.78 Å². The first-order chi connectivity index (χ1) is 14.2. The molecule has 0 spiro atoms. The van der Waals surface area contributed by atoms with Gasteiger partial charge in [-0.05, 0) is 96.9 Å². The minimum Gasteiger partial charge on any atom is -0.295 e. The fourth-order valence-electron chi connectivity index (χ4n) is 9.15. The maximum Gasteiger partial charge on any atom is 0.155 e. The van der Waals surface area contributed by atoms with Crippen molar-refractivity contribution in [3.05, 3.63) is 11.6 Å². The number of carbonyl (C=O) groups excluding carboxylic acids is 1. The minimum atomic E-state index is 0.312. The molecule has 0 aromatic heterocycles. The summed E-state index contributed by atoms with van der Waals surface area (Å²) in [4.78, 5) is 12.2. The highest BCUT2D eigenvalue weighted by atomic mass is 16.1. The predicted molar refractivity (Wildman–Crippen MR) is 127 cm³/mol. The Bertz CT molecular complexity index is 674. The molecule has 0 aromatic carbocycles. The molecule has 0 aliphatic heterocycles. The van der Waals surface area contributed by atoms with E-state index >= 15 is 0 Å². The number of ketones is 1. The molecule has 1 nitrogen and oxygen atoms in total. The molecule has 8 atom stereocenters. The van der Waals surface area contributed by atoms with E-state index in [-0.39, 0.29) is 0 Å². The monoisotopic (exact) mass is 412 g/mol. The van der Waals surface area contributed by atoms with Gasteiger partial charge in [-0.15, -0.1) is 0 Å². The number of allylic oxidation sites excluding steroid dienone is 1. The summed E-state index contributed by atoms with van der Waals surface area (Å²) in [7, 11) is 0. The number of carbonyl (C=O) groups is 1. The van der Waals surface area contributed by atoms with Gasteiger partial charge in [-0.1, -0.05) is 72.8 Å². The van der Waals surface area contributed by atoms with Crippen LogP contribution in [0.15, 0.2) is 11.6 Å². The topological polar surface area (TPSA) is 17.1 Å². The first-order valence-electron chi connectivity index (χ1n) is 13.4. The quantitative estimate of drug-likeness (QED) is 0.429. The van der Waals surface area contributed by atoms with Crippen LogP contribution >= 0.6 is 0 Å². The standard InChI is InChI=1S/C29H48O/c1-7-21-17-22-18-23(30)13-15-28(22,5)26-14-16-29(6)24(11-12-25(29)27(21)26)20(4)10-8-9-19(2)3/h18-21,24-27H,7-17H2,1-6H3/t20?,21?,24?,25?,26?,27?,28-,29+/m0/s1. The van der Waals surface area contributed by atoms with Gasteiger partial charge in [0.05, 0.1) is 0 Å². The second kappa shape index (κ2) is 8.40. The van der Waals surface area contributed by atoms with Gasteiger partial charge in [0.25, 0.3) is 0 Å². The lowest BCUT2D eigenvalue weighted by molar-refractivity contribution is -0.119. The number of hydrogen-bond acceptors (Lipinski definition) is 1. The molecule has 0 bridgehead atoms. The number of hydrogen-bond donors (Lipinski definition) is 0. The smallest absolute Gasteiger partial charge is 0.155 e. The maximum absolute atomic E-state index is 12.2. The molecule has 0 N–H and O–H groups in total. The van der Waals surface area contributed by atoms with Crippen molar-refractivity contribution in [2.24, 2.45) is 52.3 Å². The molecule has 4 aliphatic carbocycles. The Morgan fingerprint density at radius 3 is 2.50 bits per heavy atom. The molecule has 0 saturated heterocycles. The first kappa shape index (κ1) is 22.6. The Balaban J connectivity index is 1.56. The molecular weight excluding hydrogens is 364 g/mol. The molecule has 30 heavy (non-hydrogen) atoms. The second-order valence-corrected chi connectivity index (χ2v) is 12.7. The van der Waals surface area contributed by atoms with Crippen LogP contribution in [0, 0.1) is 52.3 Å². The lowest BCUT2D eigenvalue weighted by Gasteiger charge is -2.61. The van der Waals surface area contributed by atoms with E-state index < -0.39 is 0 Å². The van der Waals surface area contributed by atoms with Crippen LogP contribution in [0.4, 0.5) is 0 Å². The van der Waals surface area contributed by atoms with Crippen molar-refractivity contribution in [3.8, 4) is 0 Å². The van der Waals surface area contributed by atoms with E-state index in [0.29, 0.717) is 16.6 Å². The third-order valence-corrected chi connectivity index (χ3v) is 10.9. The summed E-state index contributed by atoms with van der Waals surface area (Å²) < 4.78 is 0. The van der Waals surface area contributed by atoms with Gasteiger partial charge in [-0.25, -0.2) is 0 Å². The van der Waals surface area contributed by atoms with E-state index in [0.717, 1.165) is 54.3 Å². The van der Waals surface area contributed by atoms with Gasteiger partial charge in [-0.2, -0.15) is 0 Å². The van der Waals surface area contributed by atoms with Crippen LogP contribution in [0.5, 0.6) is 0 Å². The molecule has 0 heterocycles. The van der Waals surface area contributed by atoms with Crippen molar-refractivity contribution < 1.29 is 4.79 Å². The van der Waals surface area contributed by atoms with Crippen LogP contribution in [0.25, 0.3) is 0 Å². The van der Waals surface area contributed by atoms with E-state index in [1.165, 1.54) is 63.4 Å². The van der Waals surface area contributed by atoms with E-state index in [1.807, 2.05) is 0 Å². The van der Waals surface area contributed by atoms with Gasteiger partial charge in [0, 0.05) is 6.42 Å². The lowest BCUT2D eigenvalue weighted by Crippen LogP contribution is -2.53. The summed E-state index contributed by atoms with van der Waals surface area (Å²) in [6, 6.07) is 0. The second-order valence-electron chi connectivity index (χ2n) is 12.7. The molecule has 4 rings (SSSR count). The summed E-state index contributed by atoms with van der Waals surface area (Å²) in [6.07, 6.45) is 16.5. The third-order valence-electron chi connectivity index (χ3n) is 10.9. The molecule has 3 saturated carbocycles. The zero-order chi connectivity index (χ0) is 21.7. The van der Waals surface area contributed by atoms with Crippen LogP contribution in [0.2, 0.25) is 0 Å². The summed E-state index contributed by atoms with van der Waals surface area (Å²) in [6.45, 7) is 15.0. The van der Waals surface area contributed by atoms with Gasteiger partial charge < -0.3 is 0 Å². The Kier molecular flexibility index (Phi) is 6.33. The first-order valence-corrected chi connectivity index (χ1v) is 13.4. The van der Waals surface area contributed by atoms with Crippen LogP contribution in [-0.2, 0) is 4.79 Å². The zero-order valence-electron chi connectivity index (χ0n) is 20.8. The minimum absolute atomic E-state index is 0.312. The summed E-state index contributed by atoms with van der Waals surface area (Å²) in [5.74, 6) is 6.52. The molecule has 170 valence electrons. The van der Waals surface area contributed by atoms with Crippen molar-refractivity contribution in [3.63, 3.8) is 0 Å². The van der Waals surface area contributed by atoms with Crippen molar-refractivity contribution in [2.75, 3.05) is 0 Å². The summed E-state index contributed by atoms with van der Waals surface area (Å²) in [5, 5.41) is 0. The third kappa shape index (κ3) is 3.65. The molecule has 0 amide bonds. The van der Waals surface area contributed by atoms with Gasteiger partial charge in [-0.3, -0.25) is 4.79 Å². The molecule has 1 heteroatoms. The maximum atomic E-state index is 12.2. The largest absolute Gasteiger partial charge is 0.295 e. The summed E-state index contributed by atoms with van der Waals surface area (Å²) >= 11 is 0. The average molecular weight is 413 g/mol. The summed E-state index contributed by atoms with van der Waals surface area (Å²) in [5.41, 5.74) is 2.41. The number of rotatable bonds is 6. The average Bonchev–Trinajstić information content (AvgIpc) is 3.05. The van der Waals surface area contributed by atoms with Crippen LogP contribution < -0.4 is 0 Å². The highest BCUT2D eigenvalue weighted by molar-refractivity contribution is 5.91. The highest BCUT2D eigenvalue weighted by Gasteiger charge is 2.61.